The molecule has 0 spiro atoms. The maximum absolute atomic E-state index is 13.1. The molecule has 2 atom stereocenters. The summed E-state index contributed by atoms with van der Waals surface area (Å²) in [6, 6.07) is 1.89. The quantitative estimate of drug-likeness (QED) is 0.887. The van der Waals surface area contributed by atoms with Crippen LogP contribution in [0.3, 0.4) is 0 Å². The van der Waals surface area contributed by atoms with Crippen LogP contribution in [0, 0.1) is 12.8 Å². The Kier molecular flexibility index (Phi) is 4.01. The van der Waals surface area contributed by atoms with E-state index >= 15 is 0 Å². The molecule has 4 rings (SSSR count). The summed E-state index contributed by atoms with van der Waals surface area (Å²) in [5.74, 6) is 0.847. The Morgan fingerprint density at radius 1 is 1.23 bits per heavy atom. The van der Waals surface area contributed by atoms with E-state index in [1.807, 2.05) is 24.6 Å². The number of amides is 2. The van der Waals surface area contributed by atoms with Crippen molar-refractivity contribution in [1.82, 2.24) is 29.4 Å². The molecule has 26 heavy (non-hydrogen) atoms. The highest BCUT2D eigenvalue weighted by Crippen LogP contribution is 2.39. The van der Waals surface area contributed by atoms with Gasteiger partial charge in [0.15, 0.2) is 0 Å². The van der Waals surface area contributed by atoms with Gasteiger partial charge in [0.1, 0.15) is 5.82 Å². The van der Waals surface area contributed by atoms with Crippen molar-refractivity contribution in [3.63, 3.8) is 0 Å². The maximum atomic E-state index is 13.1. The van der Waals surface area contributed by atoms with Gasteiger partial charge in [0, 0.05) is 32.8 Å². The highest BCUT2D eigenvalue weighted by Gasteiger charge is 2.41. The molecule has 2 fully saturated rings. The lowest BCUT2D eigenvalue weighted by Gasteiger charge is -2.38. The highest BCUT2D eigenvalue weighted by molar-refractivity contribution is 5.93. The second kappa shape index (κ2) is 6.22. The Morgan fingerprint density at radius 3 is 2.65 bits per heavy atom. The molecule has 2 aromatic rings. The van der Waals surface area contributed by atoms with Gasteiger partial charge in [0.05, 0.1) is 17.7 Å². The standard InChI is InChI=1S/C17H23N7O2/c1-10-20-21-17(24(10)11-4-5-11)19-16(26)12-6-7-14(25)22(2)15(12)13-8-9-18-23(13)3/h8-9,11-12,15H,4-7H2,1-3H3,(H,19,21,26)/t12-,15-/m0/s1. The Labute approximate surface area is 151 Å². The topological polar surface area (TPSA) is 97.9 Å². The zero-order valence-corrected chi connectivity index (χ0v) is 15.2. The summed E-state index contributed by atoms with van der Waals surface area (Å²) in [6.07, 6.45) is 4.71. The molecule has 1 aliphatic carbocycles. The molecule has 2 aliphatic rings. The molecule has 3 heterocycles. The molecule has 1 saturated carbocycles. The minimum atomic E-state index is -0.363. The van der Waals surface area contributed by atoms with Gasteiger partial charge in [0.2, 0.25) is 17.8 Å². The number of carbonyl (C=O) groups excluding carboxylic acids is 2. The molecule has 2 aromatic heterocycles. The Bertz CT molecular complexity index is 851. The van der Waals surface area contributed by atoms with Gasteiger partial charge in [0.25, 0.3) is 0 Å². The molecule has 1 N–H and O–H groups in total. The fraction of sp³-hybridized carbons (Fsp3) is 0.588. The largest absolute Gasteiger partial charge is 0.336 e. The minimum Gasteiger partial charge on any atom is -0.336 e. The molecule has 0 aromatic carbocycles. The number of anilines is 1. The zero-order chi connectivity index (χ0) is 18.4. The molecule has 0 unspecified atom stereocenters. The number of piperidine rings is 1. The minimum absolute atomic E-state index is 0.0391. The van der Waals surface area contributed by atoms with E-state index in [4.69, 9.17) is 0 Å². The summed E-state index contributed by atoms with van der Waals surface area (Å²) in [4.78, 5) is 27.0. The van der Waals surface area contributed by atoms with Crippen LogP contribution in [-0.4, -0.2) is 48.3 Å². The first kappa shape index (κ1) is 16.7. The van der Waals surface area contributed by atoms with Crippen LogP contribution in [0.2, 0.25) is 0 Å². The van der Waals surface area contributed by atoms with Crippen molar-refractivity contribution in [3.05, 3.63) is 23.8 Å². The number of hydrogen-bond acceptors (Lipinski definition) is 5. The predicted octanol–water partition coefficient (Wildman–Crippen LogP) is 1.20. The summed E-state index contributed by atoms with van der Waals surface area (Å²) < 4.78 is 3.71. The van der Waals surface area contributed by atoms with Crippen LogP contribution in [0.25, 0.3) is 0 Å². The van der Waals surface area contributed by atoms with Crippen molar-refractivity contribution in [2.24, 2.45) is 13.0 Å². The predicted molar refractivity (Wildman–Crippen MR) is 93.1 cm³/mol. The third-order valence-corrected chi connectivity index (χ3v) is 5.37. The van der Waals surface area contributed by atoms with E-state index < -0.39 is 0 Å². The number of aryl methyl sites for hydroxylation is 2. The molecule has 9 heteroatoms. The molecule has 1 aliphatic heterocycles. The van der Waals surface area contributed by atoms with Crippen molar-refractivity contribution in [3.8, 4) is 0 Å². The van der Waals surface area contributed by atoms with Crippen LogP contribution in [0.4, 0.5) is 5.95 Å². The smallest absolute Gasteiger partial charge is 0.232 e. The average molecular weight is 357 g/mol. The van der Waals surface area contributed by atoms with Gasteiger partial charge in [-0.1, -0.05) is 0 Å². The lowest BCUT2D eigenvalue weighted by Crippen LogP contribution is -2.45. The Morgan fingerprint density at radius 2 is 2.00 bits per heavy atom. The summed E-state index contributed by atoms with van der Waals surface area (Å²) >= 11 is 0. The number of likely N-dealkylation sites (tertiary alicyclic amines) is 1. The number of rotatable bonds is 4. The Balaban J connectivity index is 1.61. The SMILES string of the molecule is Cc1nnc(NC(=O)[C@H]2CCC(=O)N(C)[C@@H]2c2ccnn2C)n1C1CC1. The van der Waals surface area contributed by atoms with E-state index in [-0.39, 0.29) is 23.8 Å². The van der Waals surface area contributed by atoms with E-state index in [0.29, 0.717) is 24.8 Å². The molecule has 0 bridgehead atoms. The van der Waals surface area contributed by atoms with Gasteiger partial charge in [-0.25, -0.2) is 0 Å². The van der Waals surface area contributed by atoms with E-state index in [1.165, 1.54) is 0 Å². The number of hydrogen-bond donors (Lipinski definition) is 1. The van der Waals surface area contributed by atoms with Gasteiger partial charge >= 0.3 is 0 Å². The first-order valence-electron chi connectivity index (χ1n) is 8.93. The van der Waals surface area contributed by atoms with E-state index in [2.05, 4.69) is 20.6 Å². The number of aromatic nitrogens is 5. The third kappa shape index (κ3) is 2.77. The molecule has 1 saturated heterocycles. The fourth-order valence-corrected chi connectivity index (χ4v) is 3.82. The molecule has 0 radical (unpaired) electrons. The molecule has 138 valence electrons. The summed E-state index contributed by atoms with van der Waals surface area (Å²) in [7, 11) is 3.57. The van der Waals surface area contributed by atoms with Gasteiger partial charge in [-0.3, -0.25) is 24.2 Å². The zero-order valence-electron chi connectivity index (χ0n) is 15.2. The lowest BCUT2D eigenvalue weighted by molar-refractivity contribution is -0.140. The number of nitrogens with one attached hydrogen (secondary N) is 1. The fourth-order valence-electron chi connectivity index (χ4n) is 3.82. The molecule has 2 amide bonds. The van der Waals surface area contributed by atoms with Crippen LogP contribution in [-0.2, 0) is 16.6 Å². The first-order chi connectivity index (χ1) is 12.5. The van der Waals surface area contributed by atoms with Crippen LogP contribution >= 0.6 is 0 Å². The first-order valence-corrected chi connectivity index (χ1v) is 8.93. The summed E-state index contributed by atoms with van der Waals surface area (Å²) in [6.45, 7) is 1.90. The molecular weight excluding hydrogens is 334 g/mol. The van der Waals surface area contributed by atoms with Gasteiger partial charge in [-0.15, -0.1) is 10.2 Å². The molecule has 9 nitrogen and oxygen atoms in total. The summed E-state index contributed by atoms with van der Waals surface area (Å²) in [5.41, 5.74) is 0.848. The van der Waals surface area contributed by atoms with E-state index in [0.717, 1.165) is 24.4 Å². The second-order valence-corrected chi connectivity index (χ2v) is 7.14. The van der Waals surface area contributed by atoms with Crippen molar-refractivity contribution < 1.29 is 9.59 Å². The van der Waals surface area contributed by atoms with Crippen LogP contribution in [0.15, 0.2) is 12.3 Å². The van der Waals surface area contributed by atoms with Crippen LogP contribution < -0.4 is 5.32 Å². The number of carbonyl (C=O) groups is 2. The van der Waals surface area contributed by atoms with Gasteiger partial charge in [-0.2, -0.15) is 5.10 Å². The average Bonchev–Trinajstić information content (AvgIpc) is 3.25. The lowest BCUT2D eigenvalue weighted by atomic mass is 9.86. The number of nitrogens with zero attached hydrogens (tertiary/aromatic N) is 6. The third-order valence-electron chi connectivity index (χ3n) is 5.37. The van der Waals surface area contributed by atoms with E-state index in [9.17, 15) is 9.59 Å². The second-order valence-electron chi connectivity index (χ2n) is 7.14. The highest BCUT2D eigenvalue weighted by atomic mass is 16.2. The summed E-state index contributed by atoms with van der Waals surface area (Å²) in [5, 5.41) is 15.4. The van der Waals surface area contributed by atoms with Crippen LogP contribution in [0.1, 0.15) is 49.3 Å². The van der Waals surface area contributed by atoms with Crippen LogP contribution in [0.5, 0.6) is 0 Å². The normalized spacial score (nSPS) is 23.3. The maximum Gasteiger partial charge on any atom is 0.232 e. The monoisotopic (exact) mass is 357 g/mol. The van der Waals surface area contributed by atoms with Gasteiger partial charge in [-0.05, 0) is 32.3 Å². The molecular formula is C17H23N7O2. The van der Waals surface area contributed by atoms with Crippen molar-refractivity contribution in [2.75, 3.05) is 12.4 Å². The van der Waals surface area contributed by atoms with Crippen molar-refractivity contribution >= 4 is 17.8 Å². The van der Waals surface area contributed by atoms with Crippen molar-refractivity contribution in [1.29, 1.82) is 0 Å². The Hall–Kier alpha value is -2.71. The van der Waals surface area contributed by atoms with Crippen molar-refractivity contribution in [2.45, 2.75) is 44.7 Å². The van der Waals surface area contributed by atoms with E-state index in [1.54, 1.807) is 22.8 Å². The van der Waals surface area contributed by atoms with Gasteiger partial charge < -0.3 is 4.90 Å².